The Labute approximate surface area is 123 Å². The first-order chi connectivity index (χ1) is 10.00. The lowest BCUT2D eigenvalue weighted by Crippen LogP contribution is -2.31. The van der Waals surface area contributed by atoms with E-state index in [1.165, 1.54) is 14.2 Å². The third-order valence-electron chi connectivity index (χ3n) is 5.21. The smallest absolute Gasteiger partial charge is 0.323 e. The number of hydrogen-bond acceptors (Lipinski definition) is 6. The van der Waals surface area contributed by atoms with Gasteiger partial charge in [-0.15, -0.1) is 0 Å². The summed E-state index contributed by atoms with van der Waals surface area (Å²) in [4.78, 5) is 35.4. The Morgan fingerprint density at radius 1 is 1.29 bits per heavy atom. The normalized spacial score (nSPS) is 35.6. The lowest BCUT2D eigenvalue weighted by molar-refractivity contribution is -0.162. The fourth-order valence-corrected chi connectivity index (χ4v) is 3.80. The summed E-state index contributed by atoms with van der Waals surface area (Å²) in [5, 5.41) is 0. The lowest BCUT2D eigenvalue weighted by Gasteiger charge is -2.17. The van der Waals surface area contributed by atoms with Gasteiger partial charge in [0.1, 0.15) is 11.7 Å². The van der Waals surface area contributed by atoms with Crippen molar-refractivity contribution in [2.24, 2.45) is 11.3 Å². The third-order valence-corrected chi connectivity index (χ3v) is 5.21. The summed E-state index contributed by atoms with van der Waals surface area (Å²) in [7, 11) is 2.56. The van der Waals surface area contributed by atoms with E-state index in [1.807, 2.05) is 0 Å². The highest BCUT2D eigenvalue weighted by molar-refractivity contribution is 6.03. The number of epoxide rings is 1. The van der Waals surface area contributed by atoms with E-state index in [-0.39, 0.29) is 23.4 Å². The topological polar surface area (TPSA) is 82.2 Å². The molecule has 2 saturated carbocycles. The number of hydrogen-bond donors (Lipinski definition) is 0. The molecule has 0 N–H and O–H groups in total. The average molecular weight is 296 g/mol. The molecule has 3 fully saturated rings. The van der Waals surface area contributed by atoms with Gasteiger partial charge in [0.15, 0.2) is 11.2 Å². The number of ketones is 1. The summed E-state index contributed by atoms with van der Waals surface area (Å²) in [6, 6.07) is 0. The summed E-state index contributed by atoms with van der Waals surface area (Å²) in [6.45, 7) is 0. The maximum atomic E-state index is 11.9. The van der Waals surface area contributed by atoms with E-state index in [2.05, 4.69) is 0 Å². The Morgan fingerprint density at radius 2 is 1.95 bits per heavy atom. The fourth-order valence-electron chi connectivity index (χ4n) is 3.80. The van der Waals surface area contributed by atoms with Crippen molar-refractivity contribution in [3.8, 4) is 0 Å². The molecule has 0 aromatic carbocycles. The SMILES string of the molecule is COC(=O)C1(C(=O)OC)CC1CCC12CCCC(=O)C1O2. The van der Waals surface area contributed by atoms with Crippen molar-refractivity contribution in [1.82, 2.24) is 0 Å². The Kier molecular flexibility index (Phi) is 3.31. The van der Waals surface area contributed by atoms with Gasteiger partial charge in [-0.25, -0.2) is 0 Å². The zero-order chi connectivity index (χ0) is 15.3. The van der Waals surface area contributed by atoms with Crippen LogP contribution in [0.3, 0.4) is 0 Å². The van der Waals surface area contributed by atoms with Gasteiger partial charge < -0.3 is 14.2 Å². The van der Waals surface area contributed by atoms with Crippen LogP contribution in [0.2, 0.25) is 0 Å². The third kappa shape index (κ3) is 2.08. The first kappa shape index (κ1) is 14.5. The molecule has 0 bridgehead atoms. The summed E-state index contributed by atoms with van der Waals surface area (Å²) in [6.07, 6.45) is 3.94. The van der Waals surface area contributed by atoms with Crippen LogP contribution in [0.5, 0.6) is 0 Å². The van der Waals surface area contributed by atoms with Crippen LogP contribution in [0, 0.1) is 11.3 Å². The van der Waals surface area contributed by atoms with Crippen molar-refractivity contribution in [2.75, 3.05) is 14.2 Å². The molecule has 0 aromatic rings. The van der Waals surface area contributed by atoms with Crippen molar-refractivity contribution in [2.45, 2.75) is 50.2 Å². The monoisotopic (exact) mass is 296 g/mol. The van der Waals surface area contributed by atoms with E-state index in [4.69, 9.17) is 14.2 Å². The number of ether oxygens (including phenoxy) is 3. The zero-order valence-corrected chi connectivity index (χ0v) is 12.3. The fraction of sp³-hybridized carbons (Fsp3) is 0.800. The van der Waals surface area contributed by atoms with Crippen molar-refractivity contribution in [3.05, 3.63) is 0 Å². The first-order valence-electron chi connectivity index (χ1n) is 7.37. The van der Waals surface area contributed by atoms with Gasteiger partial charge >= 0.3 is 11.9 Å². The van der Waals surface area contributed by atoms with Crippen molar-refractivity contribution < 1.29 is 28.6 Å². The van der Waals surface area contributed by atoms with Crippen LogP contribution in [0.4, 0.5) is 0 Å². The van der Waals surface area contributed by atoms with Crippen LogP contribution in [0.25, 0.3) is 0 Å². The number of carbonyl (C=O) groups excluding carboxylic acids is 3. The molecule has 1 saturated heterocycles. The number of methoxy groups -OCH3 is 2. The molecule has 6 heteroatoms. The molecule has 3 rings (SSSR count). The molecular weight excluding hydrogens is 276 g/mol. The molecular formula is C15H20O6. The molecule has 0 aromatic heterocycles. The summed E-state index contributed by atoms with van der Waals surface area (Å²) in [5.41, 5.74) is -1.46. The minimum absolute atomic E-state index is 0.0753. The number of Topliss-reactive ketones (excluding diaryl/α,β-unsaturated/α-hetero) is 1. The largest absolute Gasteiger partial charge is 0.468 e. The second-order valence-electron chi connectivity index (χ2n) is 6.28. The van der Waals surface area contributed by atoms with Gasteiger partial charge in [-0.05, 0) is 38.0 Å². The van der Waals surface area contributed by atoms with Crippen LogP contribution in [0.15, 0.2) is 0 Å². The highest BCUT2D eigenvalue weighted by Crippen LogP contribution is 2.59. The van der Waals surface area contributed by atoms with E-state index in [1.54, 1.807) is 0 Å². The van der Waals surface area contributed by atoms with Crippen LogP contribution in [0.1, 0.15) is 38.5 Å². The zero-order valence-electron chi connectivity index (χ0n) is 12.3. The highest BCUT2D eigenvalue weighted by atomic mass is 16.6. The quantitative estimate of drug-likeness (QED) is 0.428. The molecule has 21 heavy (non-hydrogen) atoms. The van der Waals surface area contributed by atoms with E-state index >= 15 is 0 Å². The summed E-state index contributed by atoms with van der Waals surface area (Å²) < 4.78 is 15.1. The van der Waals surface area contributed by atoms with Gasteiger partial charge in [0.2, 0.25) is 0 Å². The molecule has 0 amide bonds. The van der Waals surface area contributed by atoms with Crippen molar-refractivity contribution >= 4 is 17.7 Å². The van der Waals surface area contributed by atoms with Gasteiger partial charge in [-0.3, -0.25) is 14.4 Å². The van der Waals surface area contributed by atoms with Gasteiger partial charge in [0.25, 0.3) is 0 Å². The minimum Gasteiger partial charge on any atom is -0.468 e. The molecule has 6 nitrogen and oxygen atoms in total. The van der Waals surface area contributed by atoms with E-state index in [0.29, 0.717) is 25.7 Å². The highest BCUT2D eigenvalue weighted by Gasteiger charge is 2.69. The molecule has 3 atom stereocenters. The molecule has 3 aliphatic rings. The number of carbonyl (C=O) groups is 3. The number of esters is 2. The summed E-state index contributed by atoms with van der Waals surface area (Å²) >= 11 is 0. The van der Waals surface area contributed by atoms with Gasteiger partial charge in [-0.2, -0.15) is 0 Å². The molecule has 0 radical (unpaired) electrons. The first-order valence-corrected chi connectivity index (χ1v) is 7.37. The molecule has 116 valence electrons. The van der Waals surface area contributed by atoms with Crippen LogP contribution < -0.4 is 0 Å². The lowest BCUT2D eigenvalue weighted by atomic mass is 9.84. The Bertz CT molecular complexity index is 482. The van der Waals surface area contributed by atoms with Crippen molar-refractivity contribution in [1.29, 1.82) is 0 Å². The molecule has 3 unspecified atom stereocenters. The van der Waals surface area contributed by atoms with Gasteiger partial charge in [-0.1, -0.05) is 0 Å². The predicted octanol–water partition coefficient (Wildman–Crippen LogP) is 1.01. The Balaban J connectivity index is 1.61. The molecule has 1 aliphatic heterocycles. The second kappa shape index (κ2) is 4.80. The predicted molar refractivity (Wildman–Crippen MR) is 70.3 cm³/mol. The van der Waals surface area contributed by atoms with Gasteiger partial charge in [0.05, 0.1) is 14.2 Å². The van der Waals surface area contributed by atoms with E-state index in [9.17, 15) is 14.4 Å². The maximum Gasteiger partial charge on any atom is 0.323 e. The summed E-state index contributed by atoms with van der Waals surface area (Å²) in [5.74, 6) is -0.937. The number of fused-ring (bicyclic) bond motifs is 1. The van der Waals surface area contributed by atoms with Crippen LogP contribution in [-0.2, 0) is 28.6 Å². The standard InChI is InChI=1S/C15H20O6/c1-19-12(17)15(13(18)20-2)8-9(15)5-7-14-6-3-4-10(16)11(14)21-14/h9,11H,3-8H2,1-2H3. The Morgan fingerprint density at radius 3 is 2.57 bits per heavy atom. The second-order valence-corrected chi connectivity index (χ2v) is 6.28. The van der Waals surface area contributed by atoms with E-state index in [0.717, 1.165) is 12.8 Å². The van der Waals surface area contributed by atoms with Crippen LogP contribution >= 0.6 is 0 Å². The molecule has 1 heterocycles. The Hall–Kier alpha value is -1.43. The molecule has 2 aliphatic carbocycles. The van der Waals surface area contributed by atoms with E-state index < -0.39 is 17.4 Å². The average Bonchev–Trinajstić information content (AvgIpc) is 3.37. The van der Waals surface area contributed by atoms with Crippen molar-refractivity contribution in [3.63, 3.8) is 0 Å². The minimum atomic E-state index is -1.14. The van der Waals surface area contributed by atoms with Crippen LogP contribution in [-0.4, -0.2) is 43.6 Å². The maximum absolute atomic E-state index is 11.9. The molecule has 0 spiro atoms. The number of rotatable bonds is 5. The van der Waals surface area contributed by atoms with Gasteiger partial charge in [0, 0.05) is 6.42 Å².